The van der Waals surface area contributed by atoms with Crippen molar-refractivity contribution in [3.05, 3.63) is 11.6 Å². The van der Waals surface area contributed by atoms with Crippen LogP contribution in [0.4, 0.5) is 0 Å². The van der Waals surface area contributed by atoms with Crippen molar-refractivity contribution in [1.29, 1.82) is 0 Å². The van der Waals surface area contributed by atoms with E-state index in [2.05, 4.69) is 6.58 Å². The summed E-state index contributed by atoms with van der Waals surface area (Å²) < 4.78 is 21.8. The third-order valence-corrected chi connectivity index (χ3v) is 3.00. The Balaban J connectivity index is 4.02. The molecule has 0 rings (SSSR count). The molecule has 0 aromatic heterocycles. The van der Waals surface area contributed by atoms with Crippen LogP contribution >= 0.6 is 11.6 Å². The van der Waals surface area contributed by atoms with Gasteiger partial charge in [-0.3, -0.25) is 0 Å². The van der Waals surface area contributed by atoms with Crippen molar-refractivity contribution in [2.24, 2.45) is 0 Å². The molecule has 0 N–H and O–H groups in total. The molecule has 4 heteroatoms. The fraction of sp³-hybridized carbons (Fsp3) is 0.667. The summed E-state index contributed by atoms with van der Waals surface area (Å²) in [6.45, 7) is 5.12. The van der Waals surface area contributed by atoms with E-state index in [-0.39, 0.29) is 16.5 Å². The summed E-state index contributed by atoms with van der Waals surface area (Å²) in [7, 11) is -2.96. The predicted octanol–water partition coefficient (Wildman–Crippen LogP) is 1.56. The van der Waals surface area contributed by atoms with Crippen molar-refractivity contribution in [3.63, 3.8) is 0 Å². The van der Waals surface area contributed by atoms with Gasteiger partial charge in [0, 0.05) is 5.03 Å². The van der Waals surface area contributed by atoms with Gasteiger partial charge in [0.05, 0.1) is 11.5 Å². The largest absolute Gasteiger partial charge is 0.228 e. The van der Waals surface area contributed by atoms with Gasteiger partial charge >= 0.3 is 0 Å². The van der Waals surface area contributed by atoms with E-state index in [1.165, 1.54) is 0 Å². The first-order valence-electron chi connectivity index (χ1n) is 3.01. The molecular weight excluding hydrogens is 172 g/mol. The lowest BCUT2D eigenvalue weighted by atomic mass is 10.6. The second kappa shape index (κ2) is 3.98. The van der Waals surface area contributed by atoms with Crippen LogP contribution in [0.15, 0.2) is 11.6 Å². The molecule has 0 saturated carbocycles. The third-order valence-electron chi connectivity index (χ3n) is 0.892. The zero-order valence-corrected chi connectivity index (χ0v) is 7.50. The van der Waals surface area contributed by atoms with Crippen LogP contribution in [0.3, 0.4) is 0 Å². The van der Waals surface area contributed by atoms with Gasteiger partial charge in [-0.1, -0.05) is 25.1 Å². The average molecular weight is 183 g/mol. The quantitative estimate of drug-likeness (QED) is 0.662. The highest BCUT2D eigenvalue weighted by Gasteiger charge is 2.09. The van der Waals surface area contributed by atoms with Gasteiger partial charge < -0.3 is 0 Å². The van der Waals surface area contributed by atoms with Crippen molar-refractivity contribution < 1.29 is 8.42 Å². The molecule has 0 aromatic carbocycles. The fourth-order valence-corrected chi connectivity index (χ4v) is 2.36. The highest BCUT2D eigenvalue weighted by Crippen LogP contribution is 2.03. The minimum absolute atomic E-state index is 0.0948. The number of hydrogen-bond donors (Lipinski definition) is 0. The van der Waals surface area contributed by atoms with Crippen LogP contribution in [0.1, 0.15) is 13.3 Å². The molecule has 0 fully saturated rings. The van der Waals surface area contributed by atoms with E-state index in [0.29, 0.717) is 6.42 Å². The second-order valence-electron chi connectivity index (χ2n) is 2.11. The van der Waals surface area contributed by atoms with Gasteiger partial charge in [-0.25, -0.2) is 8.42 Å². The van der Waals surface area contributed by atoms with Crippen molar-refractivity contribution >= 4 is 21.4 Å². The van der Waals surface area contributed by atoms with Gasteiger partial charge in [-0.2, -0.15) is 0 Å². The summed E-state index contributed by atoms with van der Waals surface area (Å²) in [6, 6.07) is 0. The van der Waals surface area contributed by atoms with Gasteiger partial charge in [0.2, 0.25) is 0 Å². The van der Waals surface area contributed by atoms with Gasteiger partial charge in [0.1, 0.15) is 0 Å². The lowest BCUT2D eigenvalue weighted by molar-refractivity contribution is 0.597. The molecule has 0 aliphatic rings. The molecule has 2 nitrogen and oxygen atoms in total. The minimum Gasteiger partial charge on any atom is -0.228 e. The standard InChI is InChI=1S/C6H11ClO2S/c1-3-4-10(8,9)5-6(2)7/h2-5H2,1H3. The van der Waals surface area contributed by atoms with Crippen LogP contribution in [0.2, 0.25) is 0 Å². The highest BCUT2D eigenvalue weighted by molar-refractivity contribution is 7.91. The molecule has 0 radical (unpaired) electrons. The molecule has 0 aliphatic heterocycles. The Labute approximate surface area is 66.8 Å². The summed E-state index contributed by atoms with van der Waals surface area (Å²) >= 11 is 5.32. The maximum Gasteiger partial charge on any atom is 0.155 e. The molecule has 0 amide bonds. The number of rotatable bonds is 4. The monoisotopic (exact) mass is 182 g/mol. The molecule has 0 saturated heterocycles. The first kappa shape index (κ1) is 9.98. The first-order valence-corrected chi connectivity index (χ1v) is 5.21. The molecule has 0 unspecified atom stereocenters. The molecule has 0 bridgehead atoms. The third kappa shape index (κ3) is 4.82. The Morgan fingerprint density at radius 3 is 2.40 bits per heavy atom. The van der Waals surface area contributed by atoms with Gasteiger partial charge in [-0.05, 0) is 6.42 Å². The van der Waals surface area contributed by atoms with Gasteiger partial charge in [0.25, 0.3) is 0 Å². The maximum absolute atomic E-state index is 10.9. The van der Waals surface area contributed by atoms with Crippen LogP contribution in [0.5, 0.6) is 0 Å². The maximum atomic E-state index is 10.9. The Hall–Kier alpha value is -0.0200. The first-order chi connectivity index (χ1) is 4.48. The summed E-state index contributed by atoms with van der Waals surface area (Å²) in [6.07, 6.45) is 0.631. The van der Waals surface area contributed by atoms with Crippen LogP contribution in [0.25, 0.3) is 0 Å². The van der Waals surface area contributed by atoms with E-state index < -0.39 is 9.84 Å². The summed E-state index contributed by atoms with van der Waals surface area (Å²) in [5, 5.41) is 0.188. The lowest BCUT2D eigenvalue weighted by Crippen LogP contribution is -2.09. The lowest BCUT2D eigenvalue weighted by Gasteiger charge is -1.98. The van der Waals surface area contributed by atoms with E-state index in [4.69, 9.17) is 11.6 Å². The van der Waals surface area contributed by atoms with Crippen molar-refractivity contribution in [3.8, 4) is 0 Å². The van der Waals surface area contributed by atoms with Crippen LogP contribution in [0, 0.1) is 0 Å². The molecule has 0 spiro atoms. The van der Waals surface area contributed by atoms with Gasteiger partial charge in [0.15, 0.2) is 9.84 Å². The summed E-state index contributed by atoms with van der Waals surface area (Å²) in [5.41, 5.74) is 0. The van der Waals surface area contributed by atoms with Crippen LogP contribution in [-0.2, 0) is 9.84 Å². The molecule has 60 valence electrons. The van der Waals surface area contributed by atoms with Gasteiger partial charge in [-0.15, -0.1) is 0 Å². The zero-order chi connectivity index (χ0) is 8.20. The normalized spacial score (nSPS) is 11.4. The number of hydrogen-bond acceptors (Lipinski definition) is 2. The van der Waals surface area contributed by atoms with Crippen molar-refractivity contribution in [2.75, 3.05) is 11.5 Å². The fourth-order valence-electron chi connectivity index (χ4n) is 0.622. The number of halogens is 1. The van der Waals surface area contributed by atoms with Crippen LogP contribution < -0.4 is 0 Å². The smallest absolute Gasteiger partial charge is 0.155 e. The minimum atomic E-state index is -2.96. The number of sulfone groups is 1. The van der Waals surface area contributed by atoms with E-state index in [9.17, 15) is 8.42 Å². The van der Waals surface area contributed by atoms with E-state index >= 15 is 0 Å². The Morgan fingerprint density at radius 1 is 1.60 bits per heavy atom. The molecule has 0 heterocycles. The Bertz CT molecular complexity index is 206. The Morgan fingerprint density at radius 2 is 2.10 bits per heavy atom. The molecule has 0 atom stereocenters. The molecular formula is C6H11ClO2S. The summed E-state index contributed by atoms with van der Waals surface area (Å²) in [4.78, 5) is 0. The van der Waals surface area contributed by atoms with E-state index in [0.717, 1.165) is 0 Å². The topological polar surface area (TPSA) is 34.1 Å². The predicted molar refractivity (Wildman–Crippen MR) is 43.9 cm³/mol. The van der Waals surface area contributed by atoms with Crippen LogP contribution in [-0.4, -0.2) is 19.9 Å². The molecule has 0 aromatic rings. The van der Waals surface area contributed by atoms with Crippen molar-refractivity contribution in [1.82, 2.24) is 0 Å². The Kier molecular flexibility index (Phi) is 3.98. The second-order valence-corrected chi connectivity index (χ2v) is 4.83. The highest BCUT2D eigenvalue weighted by atomic mass is 35.5. The molecule has 0 aliphatic carbocycles. The zero-order valence-electron chi connectivity index (χ0n) is 5.93. The summed E-state index contributed by atoms with van der Waals surface area (Å²) in [5.74, 6) is 0.0983. The SMILES string of the molecule is C=C(Cl)CS(=O)(=O)CCC. The van der Waals surface area contributed by atoms with E-state index in [1.54, 1.807) is 0 Å². The van der Waals surface area contributed by atoms with Crippen molar-refractivity contribution in [2.45, 2.75) is 13.3 Å². The molecule has 10 heavy (non-hydrogen) atoms. The van der Waals surface area contributed by atoms with E-state index in [1.807, 2.05) is 6.92 Å². The average Bonchev–Trinajstić information content (AvgIpc) is 1.59.